The summed E-state index contributed by atoms with van der Waals surface area (Å²) in [4.78, 5) is 13.5. The van der Waals surface area contributed by atoms with E-state index in [4.69, 9.17) is 16.0 Å². The highest BCUT2D eigenvalue weighted by Gasteiger charge is 2.28. The zero-order valence-corrected chi connectivity index (χ0v) is 18.0. The minimum absolute atomic E-state index is 0.0505. The van der Waals surface area contributed by atoms with Crippen LogP contribution in [-0.2, 0) is 10.2 Å². The Balaban J connectivity index is 1.89. The van der Waals surface area contributed by atoms with Crippen LogP contribution in [0.5, 0.6) is 5.75 Å². The van der Waals surface area contributed by atoms with E-state index >= 15 is 0 Å². The molecule has 0 aliphatic carbocycles. The number of rotatable bonds is 5. The summed E-state index contributed by atoms with van der Waals surface area (Å²) in [7, 11) is -1.01. The number of furan rings is 1. The molecule has 3 rings (SSSR count). The van der Waals surface area contributed by atoms with Gasteiger partial charge in [-0.15, -0.1) is 8.80 Å². The Bertz CT molecular complexity index is 1140. The molecule has 2 aromatic rings. The molecule has 2 heterocycles. The van der Waals surface area contributed by atoms with Gasteiger partial charge in [0.25, 0.3) is 5.91 Å². The molecule has 0 spiro atoms. The zero-order valence-electron chi connectivity index (χ0n) is 16.4. The van der Waals surface area contributed by atoms with Crippen molar-refractivity contribution < 1.29 is 22.7 Å². The number of nitrogens with one attached hydrogen (secondary N) is 2. The predicted octanol–water partition coefficient (Wildman–Crippen LogP) is 2.55. The fourth-order valence-electron chi connectivity index (χ4n) is 2.75. The van der Waals surface area contributed by atoms with Crippen LogP contribution in [0.3, 0.4) is 0 Å². The highest BCUT2D eigenvalue weighted by Crippen LogP contribution is 2.29. The van der Waals surface area contributed by atoms with E-state index in [0.717, 1.165) is 0 Å². The minimum Gasteiger partial charge on any atom is -0.505 e. The predicted molar refractivity (Wildman–Crippen MR) is 113 cm³/mol. The van der Waals surface area contributed by atoms with Gasteiger partial charge >= 0.3 is 10.2 Å². The van der Waals surface area contributed by atoms with Crippen LogP contribution in [0, 0.1) is 0 Å². The van der Waals surface area contributed by atoms with Crippen molar-refractivity contribution in [1.29, 1.82) is 0 Å². The largest absolute Gasteiger partial charge is 0.505 e. The number of carbonyl (C=O) groups is 1. The Hall–Kier alpha value is -3.05. The molecule has 0 radical (unpaired) electrons. The molecule has 3 N–H and O–H groups in total. The number of aromatic hydroxyl groups is 1. The molecule has 1 aliphatic rings. The summed E-state index contributed by atoms with van der Waals surface area (Å²) in [6.07, 6.45) is 1.90. The molecule has 1 aromatic carbocycles. The maximum atomic E-state index is 12.2. The molecule has 1 amide bonds. The van der Waals surface area contributed by atoms with Crippen molar-refractivity contribution in [3.05, 3.63) is 46.9 Å². The highest BCUT2D eigenvalue weighted by molar-refractivity contribution is 7.89. The summed E-state index contributed by atoms with van der Waals surface area (Å²) in [6, 6.07) is 5.67. The van der Waals surface area contributed by atoms with Gasteiger partial charge in [0.2, 0.25) is 0 Å². The van der Waals surface area contributed by atoms with Crippen molar-refractivity contribution in [3.63, 3.8) is 0 Å². The van der Waals surface area contributed by atoms with Crippen molar-refractivity contribution in [2.45, 2.75) is 19.4 Å². The van der Waals surface area contributed by atoms with Crippen LogP contribution in [0.4, 0.5) is 5.69 Å². The zero-order chi connectivity index (χ0) is 22.1. The van der Waals surface area contributed by atoms with Crippen LogP contribution >= 0.6 is 11.6 Å². The summed E-state index contributed by atoms with van der Waals surface area (Å²) in [5.41, 5.74) is 0.150. The lowest BCUT2D eigenvalue weighted by molar-refractivity contribution is 0.0824. The van der Waals surface area contributed by atoms with Gasteiger partial charge in [0.15, 0.2) is 17.4 Å². The number of phenols is 1. The van der Waals surface area contributed by atoms with Crippen molar-refractivity contribution in [2.75, 3.05) is 19.4 Å². The molecule has 1 aliphatic heterocycles. The number of amides is 1. The van der Waals surface area contributed by atoms with E-state index < -0.39 is 22.2 Å². The quantitative estimate of drug-likeness (QED) is 0.591. The van der Waals surface area contributed by atoms with Crippen LogP contribution in [0.25, 0.3) is 0 Å². The molecule has 1 aromatic heterocycles. The van der Waals surface area contributed by atoms with Gasteiger partial charge in [-0.05, 0) is 18.6 Å². The monoisotopic (exact) mass is 453 g/mol. The van der Waals surface area contributed by atoms with Gasteiger partial charge in [0.05, 0.1) is 22.3 Å². The lowest BCUT2D eigenvalue weighted by atomic mass is 10.1. The summed E-state index contributed by atoms with van der Waals surface area (Å²) in [6.45, 7) is 1.87. The first-order valence-corrected chi connectivity index (χ1v) is 10.6. The van der Waals surface area contributed by atoms with E-state index in [2.05, 4.69) is 19.4 Å². The fourth-order valence-corrected chi connectivity index (χ4v) is 3.68. The maximum Gasteiger partial charge on any atom is 0.367 e. The molecule has 1 unspecified atom stereocenters. The number of hydrogen-bond acceptors (Lipinski definition) is 7. The second kappa shape index (κ2) is 8.36. The summed E-state index contributed by atoms with van der Waals surface area (Å²) < 4.78 is 36.5. The minimum atomic E-state index is -4.11. The highest BCUT2D eigenvalue weighted by atomic mass is 35.5. The number of anilines is 1. The molecule has 30 heavy (non-hydrogen) atoms. The molecule has 0 fully saturated rings. The van der Waals surface area contributed by atoms with E-state index in [1.807, 2.05) is 6.92 Å². The second-order valence-electron chi connectivity index (χ2n) is 6.63. The maximum absolute atomic E-state index is 12.2. The number of nitrogens with zero attached hydrogens (tertiary/aromatic N) is 3. The molecule has 1 atom stereocenters. The second-order valence-corrected chi connectivity index (χ2v) is 8.32. The van der Waals surface area contributed by atoms with E-state index in [1.54, 1.807) is 26.2 Å². The third-order valence-corrected chi connectivity index (χ3v) is 5.24. The van der Waals surface area contributed by atoms with Crippen LogP contribution in [0.15, 0.2) is 43.7 Å². The van der Waals surface area contributed by atoms with Gasteiger partial charge in [-0.1, -0.05) is 24.6 Å². The Labute approximate surface area is 178 Å². The SMILES string of the molecule is CCC(NC1=NS(=O)(=O)N=C1Nc1cccc(C(=O)N(C)C)c1O)c1cc(Cl)co1. The third-order valence-electron chi connectivity index (χ3n) is 4.21. The molecule has 0 saturated carbocycles. The topological polar surface area (TPSA) is 137 Å². The Morgan fingerprint density at radius 2 is 2.00 bits per heavy atom. The Morgan fingerprint density at radius 3 is 2.60 bits per heavy atom. The number of halogens is 1. The van der Waals surface area contributed by atoms with Crippen LogP contribution in [0.2, 0.25) is 5.02 Å². The number of para-hydroxylation sites is 1. The molecule has 0 bridgehead atoms. The lowest BCUT2D eigenvalue weighted by Crippen LogP contribution is -2.36. The van der Waals surface area contributed by atoms with Crippen molar-refractivity contribution >= 4 is 45.1 Å². The van der Waals surface area contributed by atoms with Crippen LogP contribution in [0.1, 0.15) is 35.5 Å². The van der Waals surface area contributed by atoms with E-state index in [9.17, 15) is 18.3 Å². The van der Waals surface area contributed by atoms with Crippen LogP contribution < -0.4 is 10.6 Å². The van der Waals surface area contributed by atoms with Crippen molar-refractivity contribution in [3.8, 4) is 5.75 Å². The van der Waals surface area contributed by atoms with Crippen molar-refractivity contribution in [1.82, 2.24) is 10.2 Å². The number of hydrogen-bond donors (Lipinski definition) is 3. The third kappa shape index (κ3) is 4.57. The smallest absolute Gasteiger partial charge is 0.367 e. The number of phenolic OH excluding ortho intramolecular Hbond substituents is 1. The average Bonchev–Trinajstić information content (AvgIpc) is 3.23. The van der Waals surface area contributed by atoms with Crippen molar-refractivity contribution in [2.24, 2.45) is 8.80 Å². The normalized spacial score (nSPS) is 15.9. The summed E-state index contributed by atoms with van der Waals surface area (Å²) in [5, 5.41) is 16.6. The standard InChI is InChI=1S/C18H20ClN5O5S/c1-4-12(14-8-10(19)9-29-14)20-16-17(23-30(27,28)22-16)21-13-7-5-6-11(15(13)25)18(26)24(2)3/h5-9,12,25H,4H2,1-3H3,(H,20,22)(H,21,23). The Morgan fingerprint density at radius 1 is 1.30 bits per heavy atom. The molecular weight excluding hydrogens is 434 g/mol. The fraction of sp³-hybridized carbons (Fsp3) is 0.278. The molecule has 10 nitrogen and oxygen atoms in total. The molecule has 0 saturated heterocycles. The number of amidine groups is 2. The van der Waals surface area contributed by atoms with Gasteiger partial charge in [0, 0.05) is 20.2 Å². The van der Waals surface area contributed by atoms with Gasteiger partial charge < -0.3 is 25.1 Å². The van der Waals surface area contributed by atoms with Gasteiger partial charge in [0.1, 0.15) is 12.0 Å². The molecule has 160 valence electrons. The lowest BCUT2D eigenvalue weighted by Gasteiger charge is -2.18. The first-order chi connectivity index (χ1) is 14.1. The average molecular weight is 454 g/mol. The van der Waals surface area contributed by atoms with E-state index in [0.29, 0.717) is 17.2 Å². The van der Waals surface area contributed by atoms with Gasteiger partial charge in [-0.25, -0.2) is 0 Å². The van der Waals surface area contributed by atoms with E-state index in [1.165, 1.54) is 23.3 Å². The number of benzene rings is 1. The van der Waals surface area contributed by atoms with Gasteiger partial charge in [-0.3, -0.25) is 4.79 Å². The first-order valence-electron chi connectivity index (χ1n) is 8.87. The van der Waals surface area contributed by atoms with Gasteiger partial charge in [-0.2, -0.15) is 8.42 Å². The number of carbonyl (C=O) groups excluding carboxylic acids is 1. The molecular formula is C18H20ClN5O5S. The summed E-state index contributed by atoms with van der Waals surface area (Å²) >= 11 is 5.90. The van der Waals surface area contributed by atoms with E-state index in [-0.39, 0.29) is 28.7 Å². The Kier molecular flexibility index (Phi) is 6.04. The summed E-state index contributed by atoms with van der Waals surface area (Å²) in [5.74, 6) is -0.443. The first kappa shape index (κ1) is 21.7. The molecule has 12 heteroatoms. The van der Waals surface area contributed by atoms with Crippen LogP contribution in [-0.4, -0.2) is 50.1 Å².